The summed E-state index contributed by atoms with van der Waals surface area (Å²) in [7, 11) is 1.73. The summed E-state index contributed by atoms with van der Waals surface area (Å²) in [4.78, 5) is 21.2. The van der Waals surface area contributed by atoms with Crippen LogP contribution in [0.25, 0.3) is 0 Å². The molecular weight excluding hydrogens is 188 g/mol. The number of hydrogen-bond donors (Lipinski definition) is 3. The maximum Gasteiger partial charge on any atom is 0.322 e. The van der Waals surface area contributed by atoms with E-state index in [-0.39, 0.29) is 19.4 Å². The lowest BCUT2D eigenvalue weighted by Crippen LogP contribution is -2.34. The van der Waals surface area contributed by atoms with E-state index in [0.29, 0.717) is 6.54 Å². The summed E-state index contributed by atoms with van der Waals surface area (Å²) in [6, 6.07) is -0.844. The molecule has 6 heteroatoms. The van der Waals surface area contributed by atoms with Gasteiger partial charge in [-0.3, -0.25) is 9.59 Å². The fourth-order valence-electron chi connectivity index (χ4n) is 0.758. The van der Waals surface area contributed by atoms with Crippen LogP contribution in [0.4, 0.5) is 0 Å². The van der Waals surface area contributed by atoms with Crippen LogP contribution in [0.15, 0.2) is 0 Å². The maximum atomic E-state index is 11.1. The number of carboxylic acid groups (broad SMARTS) is 1. The van der Waals surface area contributed by atoms with E-state index in [9.17, 15) is 9.59 Å². The molecule has 0 aromatic heterocycles. The molecule has 1 atom stereocenters. The second-order valence-electron chi connectivity index (χ2n) is 2.81. The number of rotatable bonds is 7. The monoisotopic (exact) mass is 204 g/mol. The zero-order valence-corrected chi connectivity index (χ0v) is 8.16. The third kappa shape index (κ3) is 6.38. The molecule has 82 valence electrons. The first-order valence-corrected chi connectivity index (χ1v) is 4.36. The SMILES string of the molecule is CNCCOC(=O)[C@H](N)CCC(=O)O. The van der Waals surface area contributed by atoms with Crippen molar-refractivity contribution in [3.63, 3.8) is 0 Å². The number of carbonyl (C=O) groups excluding carboxylic acids is 1. The van der Waals surface area contributed by atoms with E-state index in [4.69, 9.17) is 15.6 Å². The first-order chi connectivity index (χ1) is 6.57. The lowest BCUT2D eigenvalue weighted by Gasteiger charge is -2.09. The molecule has 0 fully saturated rings. The summed E-state index contributed by atoms with van der Waals surface area (Å²) in [5, 5.41) is 11.1. The van der Waals surface area contributed by atoms with Gasteiger partial charge in [-0.2, -0.15) is 0 Å². The number of aliphatic carboxylic acids is 1. The van der Waals surface area contributed by atoms with Crippen LogP contribution < -0.4 is 11.1 Å². The van der Waals surface area contributed by atoms with Gasteiger partial charge in [0, 0.05) is 13.0 Å². The van der Waals surface area contributed by atoms with Crippen molar-refractivity contribution in [2.75, 3.05) is 20.2 Å². The number of carbonyl (C=O) groups is 2. The van der Waals surface area contributed by atoms with E-state index in [2.05, 4.69) is 5.32 Å². The first kappa shape index (κ1) is 12.9. The highest BCUT2D eigenvalue weighted by molar-refractivity contribution is 5.76. The van der Waals surface area contributed by atoms with E-state index >= 15 is 0 Å². The molecule has 0 aliphatic carbocycles. The van der Waals surface area contributed by atoms with Crippen molar-refractivity contribution < 1.29 is 19.4 Å². The summed E-state index contributed by atoms with van der Waals surface area (Å²) in [5.41, 5.74) is 5.39. The number of hydrogen-bond acceptors (Lipinski definition) is 5. The topological polar surface area (TPSA) is 102 Å². The Morgan fingerprint density at radius 2 is 2.21 bits per heavy atom. The van der Waals surface area contributed by atoms with E-state index in [1.165, 1.54) is 0 Å². The Labute approximate surface area is 82.4 Å². The molecule has 0 spiro atoms. The Kier molecular flexibility index (Phi) is 6.69. The zero-order chi connectivity index (χ0) is 11.0. The van der Waals surface area contributed by atoms with Gasteiger partial charge in [0.2, 0.25) is 0 Å². The van der Waals surface area contributed by atoms with Gasteiger partial charge in [0.25, 0.3) is 0 Å². The molecule has 0 aliphatic heterocycles. The highest BCUT2D eigenvalue weighted by Gasteiger charge is 2.15. The van der Waals surface area contributed by atoms with Crippen molar-refractivity contribution in [3.8, 4) is 0 Å². The van der Waals surface area contributed by atoms with Crippen LogP contribution in [0.3, 0.4) is 0 Å². The summed E-state index contributed by atoms with van der Waals surface area (Å²) in [6.07, 6.45) is -0.0178. The highest BCUT2D eigenvalue weighted by atomic mass is 16.5. The van der Waals surface area contributed by atoms with Gasteiger partial charge in [-0.25, -0.2) is 0 Å². The quantitative estimate of drug-likeness (QED) is 0.361. The molecule has 0 heterocycles. The molecule has 6 nitrogen and oxygen atoms in total. The Bertz CT molecular complexity index is 196. The van der Waals surface area contributed by atoms with Crippen LogP contribution in [0, 0.1) is 0 Å². The standard InChI is InChI=1S/C8H16N2O4/c1-10-4-5-14-8(13)6(9)2-3-7(11)12/h6,10H,2-5,9H2,1H3,(H,11,12)/t6-/m1/s1. The molecule has 4 N–H and O–H groups in total. The van der Waals surface area contributed by atoms with E-state index < -0.39 is 18.0 Å². The molecule has 0 aromatic rings. The summed E-state index contributed by atoms with van der Waals surface area (Å²) in [6.45, 7) is 0.799. The van der Waals surface area contributed by atoms with Gasteiger partial charge in [-0.1, -0.05) is 0 Å². The van der Waals surface area contributed by atoms with Crippen molar-refractivity contribution >= 4 is 11.9 Å². The van der Waals surface area contributed by atoms with Crippen molar-refractivity contribution in [1.82, 2.24) is 5.32 Å². The Morgan fingerprint density at radius 1 is 1.57 bits per heavy atom. The molecule has 0 aliphatic rings. The predicted molar refractivity (Wildman–Crippen MR) is 49.7 cm³/mol. The molecule has 0 aromatic carbocycles. The van der Waals surface area contributed by atoms with E-state index in [1.54, 1.807) is 7.05 Å². The molecular formula is C8H16N2O4. The smallest absolute Gasteiger partial charge is 0.322 e. The number of likely N-dealkylation sites (N-methyl/N-ethyl adjacent to an activating group) is 1. The molecule has 0 radical (unpaired) electrons. The highest BCUT2D eigenvalue weighted by Crippen LogP contribution is 1.96. The number of carboxylic acids is 1. The summed E-state index contributed by atoms with van der Waals surface area (Å²) >= 11 is 0. The van der Waals surface area contributed by atoms with Crippen LogP contribution in [0.1, 0.15) is 12.8 Å². The van der Waals surface area contributed by atoms with Crippen LogP contribution in [0.5, 0.6) is 0 Å². The molecule has 0 rings (SSSR count). The van der Waals surface area contributed by atoms with Gasteiger partial charge in [-0.05, 0) is 13.5 Å². The Balaban J connectivity index is 3.59. The minimum absolute atomic E-state index is 0.105. The molecule has 0 bridgehead atoms. The van der Waals surface area contributed by atoms with Crippen LogP contribution in [-0.2, 0) is 14.3 Å². The number of ether oxygens (including phenoxy) is 1. The van der Waals surface area contributed by atoms with Gasteiger partial charge in [0.15, 0.2) is 0 Å². The minimum Gasteiger partial charge on any atom is -0.481 e. The van der Waals surface area contributed by atoms with Crippen LogP contribution in [0.2, 0.25) is 0 Å². The molecule has 0 amide bonds. The van der Waals surface area contributed by atoms with Crippen molar-refractivity contribution in [1.29, 1.82) is 0 Å². The predicted octanol–water partition coefficient (Wildman–Crippen LogP) is -1.06. The van der Waals surface area contributed by atoms with Crippen LogP contribution >= 0.6 is 0 Å². The molecule has 0 saturated carbocycles. The third-order valence-electron chi connectivity index (χ3n) is 1.57. The van der Waals surface area contributed by atoms with Gasteiger partial charge in [0.05, 0.1) is 0 Å². The second-order valence-corrected chi connectivity index (χ2v) is 2.81. The van der Waals surface area contributed by atoms with Gasteiger partial charge in [-0.15, -0.1) is 0 Å². The third-order valence-corrected chi connectivity index (χ3v) is 1.57. The van der Waals surface area contributed by atoms with Gasteiger partial charge < -0.3 is 20.9 Å². The summed E-state index contributed by atoms with van der Waals surface area (Å²) in [5.74, 6) is -1.52. The number of esters is 1. The Morgan fingerprint density at radius 3 is 2.71 bits per heavy atom. The normalized spacial score (nSPS) is 12.1. The average Bonchev–Trinajstić information content (AvgIpc) is 2.14. The number of nitrogens with one attached hydrogen (secondary N) is 1. The van der Waals surface area contributed by atoms with E-state index in [0.717, 1.165) is 0 Å². The summed E-state index contributed by atoms with van der Waals surface area (Å²) < 4.78 is 4.76. The molecule has 0 unspecified atom stereocenters. The van der Waals surface area contributed by atoms with Gasteiger partial charge >= 0.3 is 11.9 Å². The van der Waals surface area contributed by atoms with E-state index in [1.807, 2.05) is 0 Å². The van der Waals surface area contributed by atoms with Crippen molar-refractivity contribution in [3.05, 3.63) is 0 Å². The zero-order valence-electron chi connectivity index (χ0n) is 8.16. The van der Waals surface area contributed by atoms with Gasteiger partial charge in [0.1, 0.15) is 12.6 Å². The fourth-order valence-corrected chi connectivity index (χ4v) is 0.758. The fraction of sp³-hybridized carbons (Fsp3) is 0.750. The Hall–Kier alpha value is -1.14. The largest absolute Gasteiger partial charge is 0.481 e. The second kappa shape index (κ2) is 7.28. The molecule has 0 saturated heterocycles. The lowest BCUT2D eigenvalue weighted by atomic mass is 10.2. The first-order valence-electron chi connectivity index (χ1n) is 4.36. The van der Waals surface area contributed by atoms with Crippen molar-refractivity contribution in [2.24, 2.45) is 5.73 Å². The van der Waals surface area contributed by atoms with Crippen molar-refractivity contribution in [2.45, 2.75) is 18.9 Å². The minimum atomic E-state index is -0.969. The molecule has 14 heavy (non-hydrogen) atoms. The average molecular weight is 204 g/mol. The maximum absolute atomic E-state index is 11.1. The number of nitrogens with two attached hydrogens (primary N) is 1. The van der Waals surface area contributed by atoms with Crippen LogP contribution in [-0.4, -0.2) is 43.3 Å². The lowest BCUT2D eigenvalue weighted by molar-refractivity contribution is -0.145.